The summed E-state index contributed by atoms with van der Waals surface area (Å²) in [6.07, 6.45) is 3.46. The van der Waals surface area contributed by atoms with Gasteiger partial charge < -0.3 is 4.74 Å². The van der Waals surface area contributed by atoms with Crippen molar-refractivity contribution in [3.8, 4) is 5.88 Å². The van der Waals surface area contributed by atoms with Crippen molar-refractivity contribution in [1.82, 2.24) is 4.98 Å². The summed E-state index contributed by atoms with van der Waals surface area (Å²) in [5.41, 5.74) is 0. The van der Waals surface area contributed by atoms with Crippen LogP contribution in [0.15, 0.2) is 0 Å². The second kappa shape index (κ2) is 3.66. The first-order valence-corrected chi connectivity index (χ1v) is 5.75. The third-order valence-corrected chi connectivity index (χ3v) is 3.83. The maximum absolute atomic E-state index is 5.50. The smallest absolute Gasteiger partial charge is 0.227 e. The number of hydrogen-bond acceptors (Lipinski definition) is 3. The first-order chi connectivity index (χ1) is 6.31. The zero-order valence-electron chi connectivity index (χ0n) is 8.17. The minimum Gasteiger partial charge on any atom is -0.477 e. The van der Waals surface area contributed by atoms with Crippen LogP contribution in [0.4, 0.5) is 0 Å². The van der Waals surface area contributed by atoms with E-state index in [1.54, 1.807) is 0 Å². The highest BCUT2D eigenvalue weighted by Crippen LogP contribution is 2.34. The summed E-state index contributed by atoms with van der Waals surface area (Å²) in [6, 6.07) is 0. The van der Waals surface area contributed by atoms with Crippen LogP contribution >= 0.6 is 11.3 Å². The van der Waals surface area contributed by atoms with Gasteiger partial charge in [-0.3, -0.25) is 0 Å². The van der Waals surface area contributed by atoms with Crippen LogP contribution in [0.25, 0.3) is 0 Å². The van der Waals surface area contributed by atoms with Crippen LogP contribution in [0, 0.1) is 0 Å². The van der Waals surface area contributed by atoms with Gasteiger partial charge in [-0.15, -0.1) is 11.3 Å². The van der Waals surface area contributed by atoms with E-state index in [0.717, 1.165) is 31.7 Å². The van der Waals surface area contributed by atoms with Crippen molar-refractivity contribution in [3.63, 3.8) is 0 Å². The van der Waals surface area contributed by atoms with Crippen molar-refractivity contribution in [2.75, 3.05) is 6.61 Å². The predicted octanol–water partition coefficient (Wildman–Crippen LogP) is 2.98. The Balaban J connectivity index is 2.25. The molecule has 2 nitrogen and oxygen atoms in total. The molecule has 1 aliphatic heterocycles. The largest absolute Gasteiger partial charge is 0.477 e. The molecule has 0 aliphatic carbocycles. The lowest BCUT2D eigenvalue weighted by Gasteiger charge is -2.09. The van der Waals surface area contributed by atoms with E-state index in [2.05, 4.69) is 18.8 Å². The molecule has 0 bridgehead atoms. The molecule has 1 aromatic rings. The molecule has 0 aromatic carbocycles. The van der Waals surface area contributed by atoms with Gasteiger partial charge >= 0.3 is 0 Å². The van der Waals surface area contributed by atoms with Gasteiger partial charge in [0.1, 0.15) is 0 Å². The number of aromatic nitrogens is 1. The van der Waals surface area contributed by atoms with Gasteiger partial charge in [0, 0.05) is 5.92 Å². The first-order valence-electron chi connectivity index (χ1n) is 4.93. The Hall–Kier alpha value is -0.570. The molecular formula is C10H15NOS. The fourth-order valence-electron chi connectivity index (χ4n) is 1.41. The van der Waals surface area contributed by atoms with Crippen molar-refractivity contribution < 1.29 is 4.74 Å². The lowest BCUT2D eigenvalue weighted by Crippen LogP contribution is -2.06. The number of nitrogens with zero attached hydrogens (tertiary/aromatic N) is 1. The Bertz CT molecular complexity index is 272. The van der Waals surface area contributed by atoms with Gasteiger partial charge in [-0.25, -0.2) is 4.98 Å². The Morgan fingerprint density at radius 1 is 1.62 bits per heavy atom. The number of fused-ring (bicyclic) bond motifs is 1. The van der Waals surface area contributed by atoms with Crippen LogP contribution in [0.5, 0.6) is 5.88 Å². The van der Waals surface area contributed by atoms with E-state index >= 15 is 0 Å². The number of aryl methyl sites for hydroxylation is 1. The summed E-state index contributed by atoms with van der Waals surface area (Å²) < 4.78 is 5.50. The molecule has 0 saturated heterocycles. The highest BCUT2D eigenvalue weighted by Gasteiger charge is 2.18. The predicted molar refractivity (Wildman–Crippen MR) is 54.6 cm³/mol. The zero-order valence-corrected chi connectivity index (χ0v) is 8.99. The molecule has 0 amide bonds. The monoisotopic (exact) mass is 197 g/mol. The second-order valence-electron chi connectivity index (χ2n) is 3.54. The van der Waals surface area contributed by atoms with Crippen molar-refractivity contribution in [2.45, 2.75) is 39.0 Å². The molecule has 72 valence electrons. The fourth-order valence-corrected chi connectivity index (χ4v) is 2.60. The topological polar surface area (TPSA) is 22.1 Å². The van der Waals surface area contributed by atoms with Crippen LogP contribution in [0.3, 0.4) is 0 Å². The molecule has 1 aliphatic rings. The molecular weight excluding hydrogens is 182 g/mol. The van der Waals surface area contributed by atoms with E-state index in [0.29, 0.717) is 5.92 Å². The number of thiazole rings is 1. The molecule has 0 saturated carbocycles. The first kappa shape index (κ1) is 9.00. The minimum absolute atomic E-state index is 0.583. The zero-order chi connectivity index (χ0) is 9.26. The van der Waals surface area contributed by atoms with E-state index in [1.165, 1.54) is 9.88 Å². The maximum Gasteiger partial charge on any atom is 0.227 e. The molecule has 0 N–H and O–H groups in total. The van der Waals surface area contributed by atoms with E-state index < -0.39 is 0 Å². The SMILES string of the molecule is CCC(C)c1nc2c(s1)CCCO2. The number of rotatable bonds is 2. The summed E-state index contributed by atoms with van der Waals surface area (Å²) in [5.74, 6) is 1.49. The Morgan fingerprint density at radius 3 is 3.15 bits per heavy atom. The molecule has 1 unspecified atom stereocenters. The molecule has 1 atom stereocenters. The standard InChI is InChI=1S/C10H15NOS/c1-3-7(2)10-11-9-8(13-10)5-4-6-12-9/h7H,3-6H2,1-2H3. The van der Waals surface area contributed by atoms with Crippen molar-refractivity contribution in [1.29, 1.82) is 0 Å². The summed E-state index contributed by atoms with van der Waals surface area (Å²) in [4.78, 5) is 5.87. The van der Waals surface area contributed by atoms with Crippen LogP contribution in [-0.2, 0) is 6.42 Å². The summed E-state index contributed by atoms with van der Waals surface area (Å²) in [5, 5.41) is 1.24. The molecule has 0 spiro atoms. The Morgan fingerprint density at radius 2 is 2.46 bits per heavy atom. The second-order valence-corrected chi connectivity index (χ2v) is 4.66. The quantitative estimate of drug-likeness (QED) is 0.727. The van der Waals surface area contributed by atoms with Gasteiger partial charge in [-0.05, 0) is 19.3 Å². The molecule has 3 heteroatoms. The van der Waals surface area contributed by atoms with Crippen LogP contribution in [0.1, 0.15) is 42.5 Å². The molecule has 1 aromatic heterocycles. The van der Waals surface area contributed by atoms with Crippen LogP contribution < -0.4 is 4.74 Å². The molecule has 13 heavy (non-hydrogen) atoms. The lowest BCUT2D eigenvalue weighted by molar-refractivity contribution is 0.279. The summed E-state index contributed by atoms with van der Waals surface area (Å²) in [7, 11) is 0. The van der Waals surface area contributed by atoms with Crippen molar-refractivity contribution in [2.24, 2.45) is 0 Å². The fraction of sp³-hybridized carbons (Fsp3) is 0.700. The van der Waals surface area contributed by atoms with Crippen molar-refractivity contribution >= 4 is 11.3 Å². The van der Waals surface area contributed by atoms with Gasteiger partial charge in [0.05, 0.1) is 16.5 Å². The van der Waals surface area contributed by atoms with Gasteiger partial charge in [0.15, 0.2) is 0 Å². The maximum atomic E-state index is 5.50. The number of ether oxygens (including phenoxy) is 1. The summed E-state index contributed by atoms with van der Waals surface area (Å²) >= 11 is 1.83. The third-order valence-electron chi connectivity index (χ3n) is 2.50. The van der Waals surface area contributed by atoms with Crippen LogP contribution in [0.2, 0.25) is 0 Å². The third kappa shape index (κ3) is 1.70. The Labute approximate surface area is 83.0 Å². The van der Waals surface area contributed by atoms with E-state index in [4.69, 9.17) is 4.74 Å². The van der Waals surface area contributed by atoms with Crippen molar-refractivity contribution in [3.05, 3.63) is 9.88 Å². The van der Waals surface area contributed by atoms with Gasteiger partial charge in [0.25, 0.3) is 0 Å². The van der Waals surface area contributed by atoms with Gasteiger partial charge in [0.2, 0.25) is 5.88 Å². The summed E-state index contributed by atoms with van der Waals surface area (Å²) in [6.45, 7) is 5.27. The normalized spacial score (nSPS) is 17.7. The highest BCUT2D eigenvalue weighted by atomic mass is 32.1. The minimum atomic E-state index is 0.583. The molecule has 2 rings (SSSR count). The van der Waals surface area contributed by atoms with Gasteiger partial charge in [-0.2, -0.15) is 0 Å². The average molecular weight is 197 g/mol. The highest BCUT2D eigenvalue weighted by molar-refractivity contribution is 7.12. The molecule has 0 radical (unpaired) electrons. The van der Waals surface area contributed by atoms with E-state index in [-0.39, 0.29) is 0 Å². The number of hydrogen-bond donors (Lipinski definition) is 0. The van der Waals surface area contributed by atoms with Crippen LogP contribution in [-0.4, -0.2) is 11.6 Å². The molecule has 2 heterocycles. The lowest BCUT2D eigenvalue weighted by atomic mass is 10.1. The Kier molecular flexibility index (Phi) is 2.54. The van der Waals surface area contributed by atoms with Gasteiger partial charge in [-0.1, -0.05) is 13.8 Å². The van der Waals surface area contributed by atoms with E-state index in [1.807, 2.05) is 11.3 Å². The average Bonchev–Trinajstić information content (AvgIpc) is 2.59. The van der Waals surface area contributed by atoms with E-state index in [9.17, 15) is 0 Å². The molecule has 0 fully saturated rings.